The maximum atomic E-state index is 13.3. The van der Waals surface area contributed by atoms with Crippen LogP contribution in [0, 0.1) is 11.6 Å². The summed E-state index contributed by atoms with van der Waals surface area (Å²) in [5.41, 5.74) is -1.24. The SMILES string of the molecule is O=C(O)c1cc2cc(N3CC[C@](O)(C(=O)NCc4cc(F)cc(F)c4)C3=O)ccc2[nH]1. The second-order valence-corrected chi connectivity index (χ2v) is 7.29. The second-order valence-electron chi connectivity index (χ2n) is 7.29. The van der Waals surface area contributed by atoms with Gasteiger partial charge in [0.25, 0.3) is 11.8 Å². The number of rotatable bonds is 5. The van der Waals surface area contributed by atoms with Gasteiger partial charge in [0.2, 0.25) is 5.60 Å². The van der Waals surface area contributed by atoms with Gasteiger partial charge >= 0.3 is 5.97 Å². The molecule has 8 nitrogen and oxygen atoms in total. The highest BCUT2D eigenvalue weighted by Crippen LogP contribution is 2.31. The quantitative estimate of drug-likeness (QED) is 0.462. The lowest BCUT2D eigenvalue weighted by atomic mass is 10.0. The number of H-pyrrole nitrogens is 1. The number of carbonyl (C=O) groups is 3. The smallest absolute Gasteiger partial charge is 0.352 e. The summed E-state index contributed by atoms with van der Waals surface area (Å²) in [7, 11) is 0. The number of aliphatic hydroxyl groups is 1. The molecule has 0 saturated carbocycles. The number of anilines is 1. The third-order valence-corrected chi connectivity index (χ3v) is 5.19. The molecule has 4 rings (SSSR count). The van der Waals surface area contributed by atoms with Crippen molar-refractivity contribution in [3.8, 4) is 0 Å². The van der Waals surface area contributed by atoms with Crippen LogP contribution in [0.5, 0.6) is 0 Å². The van der Waals surface area contributed by atoms with Crippen molar-refractivity contribution in [1.82, 2.24) is 10.3 Å². The van der Waals surface area contributed by atoms with E-state index in [1.54, 1.807) is 18.2 Å². The average Bonchev–Trinajstić information content (AvgIpc) is 3.27. The molecule has 4 N–H and O–H groups in total. The molecule has 1 aliphatic heterocycles. The molecule has 0 radical (unpaired) electrons. The summed E-state index contributed by atoms with van der Waals surface area (Å²) in [5, 5.41) is 22.7. The van der Waals surface area contributed by atoms with E-state index in [2.05, 4.69) is 10.3 Å². The van der Waals surface area contributed by atoms with E-state index in [0.717, 1.165) is 12.1 Å². The first-order valence-corrected chi connectivity index (χ1v) is 9.31. The number of nitrogens with one attached hydrogen (secondary N) is 2. The topological polar surface area (TPSA) is 123 Å². The molecule has 2 aromatic carbocycles. The van der Waals surface area contributed by atoms with Crippen LogP contribution >= 0.6 is 0 Å². The summed E-state index contributed by atoms with van der Waals surface area (Å²) >= 11 is 0. The van der Waals surface area contributed by atoms with E-state index in [-0.39, 0.29) is 30.8 Å². The number of amides is 2. The van der Waals surface area contributed by atoms with Crippen LogP contribution in [0.2, 0.25) is 0 Å². The number of carboxylic acids is 1. The van der Waals surface area contributed by atoms with Gasteiger partial charge in [0.15, 0.2) is 0 Å². The molecule has 31 heavy (non-hydrogen) atoms. The molecule has 1 fully saturated rings. The molecule has 1 aliphatic rings. The Morgan fingerprint density at radius 3 is 2.52 bits per heavy atom. The molecule has 1 saturated heterocycles. The number of aromatic nitrogens is 1. The van der Waals surface area contributed by atoms with Crippen LogP contribution < -0.4 is 10.2 Å². The number of carboxylic acid groups (broad SMARTS) is 1. The minimum Gasteiger partial charge on any atom is -0.477 e. The van der Waals surface area contributed by atoms with Crippen molar-refractivity contribution < 1.29 is 33.4 Å². The van der Waals surface area contributed by atoms with Gasteiger partial charge in [-0.05, 0) is 42.0 Å². The molecule has 1 aromatic heterocycles. The van der Waals surface area contributed by atoms with Crippen molar-refractivity contribution >= 4 is 34.4 Å². The number of benzene rings is 2. The molecule has 1 atom stereocenters. The van der Waals surface area contributed by atoms with Crippen LogP contribution in [0.25, 0.3) is 10.9 Å². The highest BCUT2D eigenvalue weighted by atomic mass is 19.1. The zero-order valence-corrected chi connectivity index (χ0v) is 16.0. The van der Waals surface area contributed by atoms with Gasteiger partial charge in [-0.3, -0.25) is 9.59 Å². The molecule has 160 valence electrons. The number of fused-ring (bicyclic) bond motifs is 1. The van der Waals surface area contributed by atoms with Crippen LogP contribution in [-0.4, -0.2) is 45.1 Å². The first-order valence-electron chi connectivity index (χ1n) is 9.31. The van der Waals surface area contributed by atoms with Crippen molar-refractivity contribution in [1.29, 1.82) is 0 Å². The fourth-order valence-electron chi connectivity index (χ4n) is 3.61. The monoisotopic (exact) mass is 429 g/mol. The molecular weight excluding hydrogens is 412 g/mol. The van der Waals surface area contributed by atoms with E-state index < -0.39 is 35.0 Å². The molecule has 0 spiro atoms. The van der Waals surface area contributed by atoms with Crippen molar-refractivity contribution in [3.05, 3.63) is 65.4 Å². The predicted molar refractivity (Wildman–Crippen MR) is 105 cm³/mol. The van der Waals surface area contributed by atoms with E-state index in [0.29, 0.717) is 22.7 Å². The van der Waals surface area contributed by atoms with E-state index in [1.165, 1.54) is 11.0 Å². The first kappa shape index (κ1) is 20.5. The summed E-state index contributed by atoms with van der Waals surface area (Å²) in [6, 6.07) is 8.93. The lowest BCUT2D eigenvalue weighted by molar-refractivity contribution is -0.149. The molecule has 0 bridgehead atoms. The van der Waals surface area contributed by atoms with Gasteiger partial charge in [-0.2, -0.15) is 0 Å². The summed E-state index contributed by atoms with van der Waals surface area (Å²) in [6.45, 7) is -0.213. The molecule has 0 aliphatic carbocycles. The number of hydrogen-bond acceptors (Lipinski definition) is 4. The largest absolute Gasteiger partial charge is 0.477 e. The van der Waals surface area contributed by atoms with E-state index >= 15 is 0 Å². The van der Waals surface area contributed by atoms with Crippen LogP contribution in [0.3, 0.4) is 0 Å². The van der Waals surface area contributed by atoms with Crippen LogP contribution in [0.4, 0.5) is 14.5 Å². The lowest BCUT2D eigenvalue weighted by Gasteiger charge is -2.22. The van der Waals surface area contributed by atoms with Gasteiger partial charge in [-0.15, -0.1) is 0 Å². The summed E-state index contributed by atoms with van der Waals surface area (Å²) < 4.78 is 26.6. The number of aromatic amines is 1. The lowest BCUT2D eigenvalue weighted by Crippen LogP contribution is -2.52. The Bertz CT molecular complexity index is 1200. The fourth-order valence-corrected chi connectivity index (χ4v) is 3.61. The van der Waals surface area contributed by atoms with Crippen LogP contribution in [-0.2, 0) is 16.1 Å². The van der Waals surface area contributed by atoms with E-state index in [9.17, 15) is 28.3 Å². The first-order chi connectivity index (χ1) is 14.7. The highest BCUT2D eigenvalue weighted by Gasteiger charge is 2.51. The van der Waals surface area contributed by atoms with Gasteiger partial charge in [-0.25, -0.2) is 13.6 Å². The Labute approximate surface area is 174 Å². The normalized spacial score (nSPS) is 18.5. The van der Waals surface area contributed by atoms with Crippen LogP contribution in [0.15, 0.2) is 42.5 Å². The standard InChI is InChI=1S/C21H17F2N3O5/c22-13-5-11(6-14(23)9-13)10-24-19(29)21(31)3-4-26(20(21)30)15-1-2-16-12(7-15)8-17(25-16)18(27)28/h1-2,5-9,25,31H,3-4,10H2,(H,24,29)(H,27,28)/t21-/m0/s1. The minimum absolute atomic E-state index is 0.00966. The van der Waals surface area contributed by atoms with E-state index in [1.807, 2.05) is 0 Å². The fraction of sp³-hybridized carbons (Fsp3) is 0.190. The average molecular weight is 429 g/mol. The maximum Gasteiger partial charge on any atom is 0.352 e. The third-order valence-electron chi connectivity index (χ3n) is 5.19. The molecular formula is C21H17F2N3O5. The number of hydrogen-bond donors (Lipinski definition) is 4. The zero-order chi connectivity index (χ0) is 22.3. The van der Waals surface area contributed by atoms with Crippen molar-refractivity contribution in [2.24, 2.45) is 0 Å². The summed E-state index contributed by atoms with van der Waals surface area (Å²) in [4.78, 5) is 40.4. The summed E-state index contributed by atoms with van der Waals surface area (Å²) in [6.07, 6.45) is -0.180. The number of aromatic carboxylic acids is 1. The third kappa shape index (κ3) is 3.73. The van der Waals surface area contributed by atoms with Crippen molar-refractivity contribution in [2.75, 3.05) is 11.4 Å². The molecule has 3 aromatic rings. The Kier molecular flexibility index (Phi) is 4.94. The molecule has 2 amide bonds. The van der Waals surface area contributed by atoms with Crippen molar-refractivity contribution in [2.45, 2.75) is 18.6 Å². The number of halogens is 2. The number of carbonyl (C=O) groups excluding carboxylic acids is 2. The van der Waals surface area contributed by atoms with Gasteiger partial charge in [0.1, 0.15) is 17.3 Å². The van der Waals surface area contributed by atoms with Crippen LogP contribution in [0.1, 0.15) is 22.5 Å². The molecule has 10 heteroatoms. The maximum absolute atomic E-state index is 13.3. The second kappa shape index (κ2) is 7.47. The molecule has 2 heterocycles. The predicted octanol–water partition coefficient (Wildman–Crippen LogP) is 1.93. The van der Waals surface area contributed by atoms with Gasteiger partial charge < -0.3 is 25.4 Å². The van der Waals surface area contributed by atoms with E-state index in [4.69, 9.17) is 5.11 Å². The Morgan fingerprint density at radius 1 is 1.13 bits per heavy atom. The Hall–Kier alpha value is -3.79. The Balaban J connectivity index is 1.51. The zero-order valence-electron chi connectivity index (χ0n) is 16.0. The van der Waals surface area contributed by atoms with Crippen molar-refractivity contribution in [3.63, 3.8) is 0 Å². The Morgan fingerprint density at radius 2 is 1.84 bits per heavy atom. The van der Waals surface area contributed by atoms with Gasteiger partial charge in [-0.1, -0.05) is 0 Å². The summed E-state index contributed by atoms with van der Waals surface area (Å²) in [5.74, 6) is -4.56. The molecule has 0 unspecified atom stereocenters. The number of nitrogens with zero attached hydrogens (tertiary/aromatic N) is 1. The highest BCUT2D eigenvalue weighted by molar-refractivity contribution is 6.16. The van der Waals surface area contributed by atoms with Gasteiger partial charge in [0, 0.05) is 42.2 Å². The van der Waals surface area contributed by atoms with Gasteiger partial charge in [0.05, 0.1) is 0 Å². The minimum atomic E-state index is -2.33.